The molecule has 1 fully saturated rings. The van der Waals surface area contributed by atoms with Crippen molar-refractivity contribution in [1.82, 2.24) is 20.4 Å². The minimum absolute atomic E-state index is 0.0426. The molecule has 3 aromatic rings. The van der Waals surface area contributed by atoms with Crippen LogP contribution >= 0.6 is 11.3 Å². The lowest BCUT2D eigenvalue weighted by molar-refractivity contribution is -0.126. The number of ether oxygens (including phenoxy) is 2. The van der Waals surface area contributed by atoms with Gasteiger partial charge in [0, 0.05) is 12.5 Å². The molecular formula is C23H28N4O4S. The summed E-state index contributed by atoms with van der Waals surface area (Å²) in [4.78, 5) is 20.4. The summed E-state index contributed by atoms with van der Waals surface area (Å²) in [6, 6.07) is 9.78. The first-order valence-electron chi connectivity index (χ1n) is 10.7. The number of piperidine rings is 1. The number of thiophene rings is 1. The SMILES string of the molecule is COc1ccc(CCNC(=O)C2CCN(Cc3nc(-c4cccs4)no3)CC2)cc1OC. The predicted molar refractivity (Wildman–Crippen MR) is 122 cm³/mol. The highest BCUT2D eigenvalue weighted by Crippen LogP contribution is 2.27. The second-order valence-corrected chi connectivity index (χ2v) is 8.72. The highest BCUT2D eigenvalue weighted by atomic mass is 32.1. The molecule has 0 unspecified atom stereocenters. The molecule has 1 aliphatic rings. The van der Waals surface area contributed by atoms with Crippen molar-refractivity contribution >= 4 is 17.2 Å². The predicted octanol–water partition coefficient (Wildman–Crippen LogP) is 3.39. The molecule has 0 atom stereocenters. The number of carbonyl (C=O) groups is 1. The summed E-state index contributed by atoms with van der Waals surface area (Å²) in [5, 5.41) is 9.14. The Morgan fingerprint density at radius 2 is 2.03 bits per heavy atom. The van der Waals surface area contributed by atoms with E-state index in [0.29, 0.717) is 36.3 Å². The summed E-state index contributed by atoms with van der Waals surface area (Å²) in [7, 11) is 3.24. The molecule has 1 N–H and O–H groups in total. The lowest BCUT2D eigenvalue weighted by atomic mass is 9.96. The summed E-state index contributed by atoms with van der Waals surface area (Å²) in [6.07, 6.45) is 2.40. The maximum Gasteiger partial charge on any atom is 0.241 e. The molecule has 1 saturated heterocycles. The van der Waals surface area contributed by atoms with Crippen molar-refractivity contribution < 1.29 is 18.8 Å². The fourth-order valence-corrected chi connectivity index (χ4v) is 4.53. The number of rotatable bonds is 9. The van der Waals surface area contributed by atoms with Crippen LogP contribution in [0.4, 0.5) is 0 Å². The number of methoxy groups -OCH3 is 2. The Balaban J connectivity index is 1.19. The van der Waals surface area contributed by atoms with Gasteiger partial charge in [-0.15, -0.1) is 11.3 Å². The summed E-state index contributed by atoms with van der Waals surface area (Å²) in [6.45, 7) is 2.89. The van der Waals surface area contributed by atoms with Crippen LogP contribution < -0.4 is 14.8 Å². The van der Waals surface area contributed by atoms with Gasteiger partial charge in [-0.05, 0) is 61.5 Å². The van der Waals surface area contributed by atoms with Crippen molar-refractivity contribution in [3.8, 4) is 22.2 Å². The van der Waals surface area contributed by atoms with E-state index < -0.39 is 0 Å². The molecule has 9 heteroatoms. The second-order valence-electron chi connectivity index (χ2n) is 7.77. The number of amides is 1. The zero-order chi connectivity index (χ0) is 22.3. The molecule has 0 spiro atoms. The number of hydrogen-bond acceptors (Lipinski definition) is 8. The molecule has 8 nitrogen and oxygen atoms in total. The van der Waals surface area contributed by atoms with Crippen LogP contribution in [0.2, 0.25) is 0 Å². The van der Waals surface area contributed by atoms with Gasteiger partial charge in [-0.1, -0.05) is 17.3 Å². The molecule has 0 radical (unpaired) electrons. The lowest BCUT2D eigenvalue weighted by Crippen LogP contribution is -2.40. The molecule has 1 aromatic carbocycles. The molecule has 32 heavy (non-hydrogen) atoms. The van der Waals surface area contributed by atoms with Crippen molar-refractivity contribution in [3.05, 3.63) is 47.2 Å². The fraction of sp³-hybridized carbons (Fsp3) is 0.435. The highest BCUT2D eigenvalue weighted by molar-refractivity contribution is 7.13. The normalized spacial score (nSPS) is 14.9. The van der Waals surface area contributed by atoms with E-state index in [1.54, 1.807) is 25.6 Å². The lowest BCUT2D eigenvalue weighted by Gasteiger charge is -2.30. The molecule has 2 aromatic heterocycles. The third kappa shape index (κ3) is 5.46. The van der Waals surface area contributed by atoms with E-state index >= 15 is 0 Å². The van der Waals surface area contributed by atoms with Gasteiger partial charge >= 0.3 is 0 Å². The van der Waals surface area contributed by atoms with E-state index in [0.717, 1.165) is 42.8 Å². The number of nitrogens with one attached hydrogen (secondary N) is 1. The maximum absolute atomic E-state index is 12.6. The molecule has 1 amide bonds. The summed E-state index contributed by atoms with van der Waals surface area (Å²) in [5.74, 6) is 2.83. The summed E-state index contributed by atoms with van der Waals surface area (Å²) in [5.41, 5.74) is 1.10. The van der Waals surface area contributed by atoms with E-state index in [2.05, 4.69) is 20.4 Å². The molecular weight excluding hydrogens is 428 g/mol. The maximum atomic E-state index is 12.6. The highest BCUT2D eigenvalue weighted by Gasteiger charge is 2.26. The standard InChI is InChI=1S/C23H28N4O4S/c1-29-18-6-5-16(14-19(18)30-2)7-10-24-23(28)17-8-11-27(12-9-17)15-21-25-22(26-31-21)20-4-3-13-32-20/h3-6,13-14,17H,7-12,15H2,1-2H3,(H,24,28). The average Bonchev–Trinajstić information content (AvgIpc) is 3.51. The second kappa shape index (κ2) is 10.6. The minimum Gasteiger partial charge on any atom is -0.493 e. The van der Waals surface area contributed by atoms with Crippen molar-refractivity contribution in [2.75, 3.05) is 33.9 Å². The number of benzene rings is 1. The molecule has 0 bridgehead atoms. The van der Waals surface area contributed by atoms with Gasteiger partial charge in [-0.2, -0.15) is 4.98 Å². The number of likely N-dealkylation sites (tertiary alicyclic amines) is 1. The largest absolute Gasteiger partial charge is 0.493 e. The van der Waals surface area contributed by atoms with E-state index in [-0.39, 0.29) is 11.8 Å². The van der Waals surface area contributed by atoms with Crippen LogP contribution in [0.15, 0.2) is 40.2 Å². The van der Waals surface area contributed by atoms with E-state index in [4.69, 9.17) is 14.0 Å². The third-order valence-electron chi connectivity index (χ3n) is 5.69. The Kier molecular flexibility index (Phi) is 7.39. The Labute approximate surface area is 191 Å². The van der Waals surface area contributed by atoms with Crippen LogP contribution in [-0.4, -0.2) is 54.8 Å². The minimum atomic E-state index is 0.0426. The van der Waals surface area contributed by atoms with E-state index in [1.807, 2.05) is 35.7 Å². The van der Waals surface area contributed by atoms with Crippen LogP contribution in [0.25, 0.3) is 10.7 Å². The van der Waals surface area contributed by atoms with Gasteiger partial charge in [-0.25, -0.2) is 0 Å². The van der Waals surface area contributed by atoms with Crippen molar-refractivity contribution in [1.29, 1.82) is 0 Å². The molecule has 4 rings (SSSR count). The van der Waals surface area contributed by atoms with Crippen molar-refractivity contribution in [3.63, 3.8) is 0 Å². The number of carbonyl (C=O) groups excluding carboxylic acids is 1. The molecule has 3 heterocycles. The van der Waals surface area contributed by atoms with Crippen LogP contribution in [0.1, 0.15) is 24.3 Å². The zero-order valence-corrected chi connectivity index (χ0v) is 19.2. The zero-order valence-electron chi connectivity index (χ0n) is 18.4. The van der Waals surface area contributed by atoms with Crippen molar-refractivity contribution in [2.24, 2.45) is 5.92 Å². The van der Waals surface area contributed by atoms with Gasteiger partial charge < -0.3 is 19.3 Å². The van der Waals surface area contributed by atoms with Gasteiger partial charge in [0.05, 0.1) is 25.6 Å². The monoisotopic (exact) mass is 456 g/mol. The number of aromatic nitrogens is 2. The van der Waals surface area contributed by atoms with Crippen LogP contribution in [0.5, 0.6) is 11.5 Å². The quantitative estimate of drug-likeness (QED) is 0.528. The van der Waals surface area contributed by atoms with Gasteiger partial charge in [0.15, 0.2) is 11.5 Å². The summed E-state index contributed by atoms with van der Waals surface area (Å²) >= 11 is 1.59. The smallest absolute Gasteiger partial charge is 0.241 e. The van der Waals surface area contributed by atoms with Crippen LogP contribution in [0, 0.1) is 5.92 Å². The Morgan fingerprint density at radius 1 is 1.22 bits per heavy atom. The third-order valence-corrected chi connectivity index (χ3v) is 6.55. The fourth-order valence-electron chi connectivity index (χ4n) is 3.88. The van der Waals surface area contributed by atoms with Crippen LogP contribution in [0.3, 0.4) is 0 Å². The van der Waals surface area contributed by atoms with Gasteiger partial charge in [0.25, 0.3) is 0 Å². The Morgan fingerprint density at radius 3 is 2.75 bits per heavy atom. The Hall–Kier alpha value is -2.91. The van der Waals surface area contributed by atoms with Gasteiger partial charge in [0.1, 0.15) is 0 Å². The van der Waals surface area contributed by atoms with Gasteiger partial charge in [0.2, 0.25) is 17.6 Å². The van der Waals surface area contributed by atoms with E-state index in [1.165, 1.54) is 0 Å². The first-order chi connectivity index (χ1) is 15.7. The average molecular weight is 457 g/mol. The summed E-state index contributed by atoms with van der Waals surface area (Å²) < 4.78 is 16.0. The van der Waals surface area contributed by atoms with E-state index in [9.17, 15) is 4.79 Å². The van der Waals surface area contributed by atoms with Crippen molar-refractivity contribution in [2.45, 2.75) is 25.8 Å². The topological polar surface area (TPSA) is 89.7 Å². The molecule has 0 aliphatic carbocycles. The van der Waals surface area contributed by atoms with Gasteiger partial charge in [-0.3, -0.25) is 9.69 Å². The molecule has 170 valence electrons. The Bertz CT molecular complexity index is 1010. The first kappa shape index (κ1) is 22.3. The number of nitrogens with zero attached hydrogens (tertiary/aromatic N) is 3. The van der Waals surface area contributed by atoms with Crippen LogP contribution in [-0.2, 0) is 17.8 Å². The first-order valence-corrected chi connectivity index (χ1v) is 11.6. The number of hydrogen-bond donors (Lipinski definition) is 1. The molecule has 1 aliphatic heterocycles. The molecule has 0 saturated carbocycles.